The summed E-state index contributed by atoms with van der Waals surface area (Å²) < 4.78 is 0. The number of amides is 1. The third kappa shape index (κ3) is 3.01. The summed E-state index contributed by atoms with van der Waals surface area (Å²) in [6.45, 7) is 1.86. The number of carbonyl (C=O) groups excluding carboxylic acids is 1. The van der Waals surface area contributed by atoms with Gasteiger partial charge in [-0.15, -0.1) is 0 Å². The van der Waals surface area contributed by atoms with Gasteiger partial charge in [0.1, 0.15) is 0 Å². The summed E-state index contributed by atoms with van der Waals surface area (Å²) in [5.74, 6) is -0.185. The quantitative estimate of drug-likeness (QED) is 0.806. The Morgan fingerprint density at radius 2 is 2.36 bits per heavy atom. The van der Waals surface area contributed by atoms with E-state index in [1.54, 1.807) is 24.3 Å². The van der Waals surface area contributed by atoms with Crippen molar-refractivity contribution >= 4 is 23.2 Å². The number of nitrogens with two attached hydrogens (primary N) is 1. The first-order chi connectivity index (χ1) is 6.63. The zero-order chi connectivity index (χ0) is 10.6. The van der Waals surface area contributed by atoms with Crippen molar-refractivity contribution in [1.82, 2.24) is 0 Å². The van der Waals surface area contributed by atoms with E-state index >= 15 is 0 Å². The first kappa shape index (κ1) is 11.0. The molecule has 0 saturated carbocycles. The lowest BCUT2D eigenvalue weighted by molar-refractivity contribution is -0.117. The Kier molecular flexibility index (Phi) is 3.92. The van der Waals surface area contributed by atoms with Gasteiger partial charge in [0.15, 0.2) is 0 Å². The highest BCUT2D eigenvalue weighted by Gasteiger charge is 2.10. The predicted octanol–water partition coefficient (Wildman–Crippen LogP) is 2.02. The van der Waals surface area contributed by atoms with Gasteiger partial charge in [-0.2, -0.15) is 0 Å². The van der Waals surface area contributed by atoms with Gasteiger partial charge in [0.05, 0.1) is 6.04 Å². The van der Waals surface area contributed by atoms with Crippen molar-refractivity contribution in [1.29, 1.82) is 0 Å². The number of halogens is 1. The van der Waals surface area contributed by atoms with E-state index in [1.165, 1.54) is 0 Å². The fourth-order valence-electron chi connectivity index (χ4n) is 0.987. The number of carbonyl (C=O) groups is 1. The predicted molar refractivity (Wildman–Crippen MR) is 58.3 cm³/mol. The smallest absolute Gasteiger partial charge is 0.241 e. The van der Waals surface area contributed by atoms with E-state index in [4.69, 9.17) is 17.3 Å². The van der Waals surface area contributed by atoms with Gasteiger partial charge in [-0.05, 0) is 24.6 Å². The Hall–Kier alpha value is -1.06. The lowest BCUT2D eigenvalue weighted by Gasteiger charge is -2.09. The minimum atomic E-state index is -0.464. The third-order valence-electron chi connectivity index (χ3n) is 1.87. The molecule has 1 amide bonds. The molecule has 1 rings (SSSR count). The fraction of sp³-hybridized carbons (Fsp3) is 0.300. The summed E-state index contributed by atoms with van der Waals surface area (Å²) in [6, 6.07) is 6.51. The maximum atomic E-state index is 11.4. The van der Waals surface area contributed by atoms with E-state index in [0.717, 1.165) is 0 Å². The number of benzene rings is 1. The lowest BCUT2D eigenvalue weighted by Crippen LogP contribution is -2.34. The molecule has 1 aromatic carbocycles. The largest absolute Gasteiger partial charge is 0.325 e. The molecule has 0 fully saturated rings. The summed E-state index contributed by atoms with van der Waals surface area (Å²) in [5, 5.41) is 3.28. The van der Waals surface area contributed by atoms with Gasteiger partial charge in [0.25, 0.3) is 0 Å². The summed E-state index contributed by atoms with van der Waals surface area (Å²) in [5.41, 5.74) is 6.23. The molecule has 3 nitrogen and oxygen atoms in total. The Morgan fingerprint density at radius 1 is 1.64 bits per heavy atom. The van der Waals surface area contributed by atoms with Crippen LogP contribution in [0, 0.1) is 0 Å². The molecule has 3 N–H and O–H groups in total. The van der Waals surface area contributed by atoms with E-state index in [9.17, 15) is 4.79 Å². The first-order valence-electron chi connectivity index (χ1n) is 4.45. The van der Waals surface area contributed by atoms with Crippen LogP contribution in [0.5, 0.6) is 0 Å². The number of nitrogens with one attached hydrogen (secondary N) is 1. The van der Waals surface area contributed by atoms with Gasteiger partial charge >= 0.3 is 0 Å². The zero-order valence-electron chi connectivity index (χ0n) is 7.96. The molecular formula is C10H13ClN2O. The summed E-state index contributed by atoms with van der Waals surface area (Å²) in [6.07, 6.45) is 0.617. The number of anilines is 1. The van der Waals surface area contributed by atoms with Crippen LogP contribution in [-0.2, 0) is 4.79 Å². The SMILES string of the molecule is CC[C@@H](N)C(=O)Nc1cccc(Cl)c1. The first-order valence-corrected chi connectivity index (χ1v) is 4.83. The molecule has 0 heterocycles. The van der Waals surface area contributed by atoms with Crippen molar-refractivity contribution in [2.45, 2.75) is 19.4 Å². The van der Waals surface area contributed by atoms with Gasteiger partial charge in [0, 0.05) is 10.7 Å². The van der Waals surface area contributed by atoms with Gasteiger partial charge in [-0.1, -0.05) is 24.6 Å². The maximum absolute atomic E-state index is 11.4. The lowest BCUT2D eigenvalue weighted by atomic mass is 10.2. The molecule has 0 radical (unpaired) electrons. The van der Waals surface area contributed by atoms with Crippen molar-refractivity contribution in [2.24, 2.45) is 5.73 Å². The molecule has 1 aromatic rings. The van der Waals surface area contributed by atoms with Crippen molar-refractivity contribution in [3.05, 3.63) is 29.3 Å². The molecule has 0 bridgehead atoms. The second kappa shape index (κ2) is 4.98. The molecule has 0 unspecified atom stereocenters. The number of hydrogen-bond acceptors (Lipinski definition) is 2. The Balaban J connectivity index is 2.65. The topological polar surface area (TPSA) is 55.1 Å². The average Bonchev–Trinajstić information content (AvgIpc) is 2.16. The minimum absolute atomic E-state index is 0.185. The zero-order valence-corrected chi connectivity index (χ0v) is 8.71. The van der Waals surface area contributed by atoms with Crippen LogP contribution in [0.3, 0.4) is 0 Å². The molecule has 0 aliphatic rings. The molecule has 4 heteroatoms. The fourth-order valence-corrected chi connectivity index (χ4v) is 1.18. The van der Waals surface area contributed by atoms with Gasteiger partial charge in [0.2, 0.25) is 5.91 Å². The highest BCUT2D eigenvalue weighted by Crippen LogP contribution is 2.14. The van der Waals surface area contributed by atoms with E-state index in [-0.39, 0.29) is 5.91 Å². The highest BCUT2D eigenvalue weighted by molar-refractivity contribution is 6.30. The van der Waals surface area contributed by atoms with E-state index < -0.39 is 6.04 Å². The molecule has 0 aliphatic heterocycles. The third-order valence-corrected chi connectivity index (χ3v) is 2.10. The van der Waals surface area contributed by atoms with Gasteiger partial charge < -0.3 is 11.1 Å². The van der Waals surface area contributed by atoms with Gasteiger partial charge in [-0.25, -0.2) is 0 Å². The standard InChI is InChI=1S/C10H13ClN2O/c1-2-9(12)10(14)13-8-5-3-4-7(11)6-8/h3-6,9H,2,12H2,1H3,(H,13,14)/t9-/m1/s1. The molecule has 76 valence electrons. The molecule has 0 aliphatic carbocycles. The van der Waals surface area contributed by atoms with Crippen molar-refractivity contribution < 1.29 is 4.79 Å². The normalized spacial score (nSPS) is 12.2. The van der Waals surface area contributed by atoms with Crippen molar-refractivity contribution in [2.75, 3.05) is 5.32 Å². The average molecular weight is 213 g/mol. The van der Waals surface area contributed by atoms with Crippen LogP contribution in [0.25, 0.3) is 0 Å². The Labute approximate surface area is 88.2 Å². The van der Waals surface area contributed by atoms with E-state index in [1.807, 2.05) is 6.92 Å². The highest BCUT2D eigenvalue weighted by atomic mass is 35.5. The van der Waals surface area contributed by atoms with Crippen LogP contribution in [0.4, 0.5) is 5.69 Å². The molecule has 0 aromatic heterocycles. The van der Waals surface area contributed by atoms with E-state index in [0.29, 0.717) is 17.1 Å². The van der Waals surface area contributed by atoms with Crippen LogP contribution in [0.1, 0.15) is 13.3 Å². The molecular weight excluding hydrogens is 200 g/mol. The summed E-state index contributed by atoms with van der Waals surface area (Å²) in [4.78, 5) is 11.4. The minimum Gasteiger partial charge on any atom is -0.325 e. The van der Waals surface area contributed by atoms with Crippen LogP contribution in [0.2, 0.25) is 5.02 Å². The summed E-state index contributed by atoms with van der Waals surface area (Å²) in [7, 11) is 0. The molecule has 0 spiro atoms. The van der Waals surface area contributed by atoms with Crippen molar-refractivity contribution in [3.63, 3.8) is 0 Å². The van der Waals surface area contributed by atoms with Crippen LogP contribution in [-0.4, -0.2) is 11.9 Å². The monoisotopic (exact) mass is 212 g/mol. The molecule has 1 atom stereocenters. The van der Waals surface area contributed by atoms with Crippen LogP contribution in [0.15, 0.2) is 24.3 Å². The summed E-state index contributed by atoms with van der Waals surface area (Å²) >= 11 is 5.76. The van der Waals surface area contributed by atoms with Crippen LogP contribution >= 0.6 is 11.6 Å². The van der Waals surface area contributed by atoms with E-state index in [2.05, 4.69) is 5.32 Å². The number of hydrogen-bond donors (Lipinski definition) is 2. The second-order valence-electron chi connectivity index (χ2n) is 3.01. The van der Waals surface area contributed by atoms with Crippen molar-refractivity contribution in [3.8, 4) is 0 Å². The van der Waals surface area contributed by atoms with Crippen LogP contribution < -0.4 is 11.1 Å². The Bertz CT molecular complexity index is 328. The second-order valence-corrected chi connectivity index (χ2v) is 3.45. The molecule has 14 heavy (non-hydrogen) atoms. The molecule has 0 saturated heterocycles. The Morgan fingerprint density at radius 3 is 2.93 bits per heavy atom. The van der Waals surface area contributed by atoms with Gasteiger partial charge in [-0.3, -0.25) is 4.79 Å². The maximum Gasteiger partial charge on any atom is 0.241 e. The number of rotatable bonds is 3.